The number of nitrogens with zero attached hydrogens (tertiary/aromatic N) is 2. The summed E-state index contributed by atoms with van der Waals surface area (Å²) in [5.41, 5.74) is 0.956. The highest BCUT2D eigenvalue weighted by Gasteiger charge is 2.51. The molecule has 4 nitrogen and oxygen atoms in total. The second-order valence-corrected chi connectivity index (χ2v) is 9.82. The third kappa shape index (κ3) is 2.90. The second-order valence-electron chi connectivity index (χ2n) is 6.39. The lowest BCUT2D eigenvalue weighted by molar-refractivity contribution is 0.319. The van der Waals surface area contributed by atoms with Crippen molar-refractivity contribution in [1.29, 1.82) is 0 Å². The molecule has 0 saturated carbocycles. The summed E-state index contributed by atoms with van der Waals surface area (Å²) in [6, 6.07) is 7.78. The summed E-state index contributed by atoms with van der Waals surface area (Å²) in [7, 11) is -3.00. The fourth-order valence-electron chi connectivity index (χ4n) is 3.31. The van der Waals surface area contributed by atoms with Gasteiger partial charge in [-0.05, 0) is 36.3 Å². The van der Waals surface area contributed by atoms with Crippen LogP contribution in [-0.2, 0) is 9.84 Å². The lowest BCUT2D eigenvalue weighted by Gasteiger charge is -2.27. The Morgan fingerprint density at radius 3 is 2.64 bits per heavy atom. The molecule has 0 amide bonds. The molecular formula is C15H19BrN2O2S2. The average Bonchev–Trinajstić information content (AvgIpc) is 2.82. The number of thiocarbonyl (C=S) groups is 1. The standard InChI is InChI=1S/C15H19BrN2O2S2/c1-10(2)7-17-13-8-22(19,20)9-14(13)18(15(17)21)12-5-3-4-11(16)6-12/h3-6,10,13-14H,7-9H2,1-2H3. The molecule has 0 aromatic heterocycles. The molecule has 1 aromatic rings. The second kappa shape index (κ2) is 5.76. The number of rotatable bonds is 3. The Hall–Kier alpha value is -0.660. The van der Waals surface area contributed by atoms with E-state index in [1.165, 1.54) is 0 Å². The van der Waals surface area contributed by atoms with Crippen LogP contribution in [0.4, 0.5) is 5.69 Å². The molecule has 0 bridgehead atoms. The summed E-state index contributed by atoms with van der Waals surface area (Å²) < 4.78 is 25.2. The number of hydrogen-bond donors (Lipinski definition) is 0. The smallest absolute Gasteiger partial charge is 0.176 e. The van der Waals surface area contributed by atoms with Crippen LogP contribution < -0.4 is 4.90 Å². The van der Waals surface area contributed by atoms with Crippen molar-refractivity contribution in [2.24, 2.45) is 5.92 Å². The van der Waals surface area contributed by atoms with E-state index in [0.29, 0.717) is 5.92 Å². The first-order valence-corrected chi connectivity index (χ1v) is 10.4. The van der Waals surface area contributed by atoms with Gasteiger partial charge in [0.2, 0.25) is 0 Å². The summed E-state index contributed by atoms with van der Waals surface area (Å²) in [4.78, 5) is 4.13. The molecule has 3 rings (SSSR count). The Balaban J connectivity index is 2.01. The van der Waals surface area contributed by atoms with Gasteiger partial charge in [0.1, 0.15) is 0 Å². The molecule has 2 fully saturated rings. The van der Waals surface area contributed by atoms with Crippen LogP contribution in [0.25, 0.3) is 0 Å². The van der Waals surface area contributed by atoms with Crippen LogP contribution in [0.3, 0.4) is 0 Å². The van der Waals surface area contributed by atoms with Crippen LogP contribution in [0.5, 0.6) is 0 Å². The molecule has 22 heavy (non-hydrogen) atoms. The lowest BCUT2D eigenvalue weighted by Crippen LogP contribution is -2.39. The van der Waals surface area contributed by atoms with Gasteiger partial charge in [-0.15, -0.1) is 0 Å². The van der Waals surface area contributed by atoms with Crippen molar-refractivity contribution in [3.8, 4) is 0 Å². The van der Waals surface area contributed by atoms with Crippen LogP contribution in [0, 0.1) is 5.92 Å². The highest BCUT2D eigenvalue weighted by atomic mass is 79.9. The molecule has 2 aliphatic rings. The maximum absolute atomic E-state index is 12.1. The summed E-state index contributed by atoms with van der Waals surface area (Å²) in [6.45, 7) is 5.05. The van der Waals surface area contributed by atoms with E-state index in [4.69, 9.17) is 12.2 Å². The SMILES string of the molecule is CC(C)CN1C(=S)N(c2cccc(Br)c2)C2CS(=O)(=O)CC21. The van der Waals surface area contributed by atoms with Crippen LogP contribution in [0.1, 0.15) is 13.8 Å². The molecule has 2 unspecified atom stereocenters. The van der Waals surface area contributed by atoms with Gasteiger partial charge in [-0.2, -0.15) is 0 Å². The van der Waals surface area contributed by atoms with E-state index >= 15 is 0 Å². The van der Waals surface area contributed by atoms with E-state index in [9.17, 15) is 8.42 Å². The van der Waals surface area contributed by atoms with Gasteiger partial charge < -0.3 is 9.80 Å². The minimum atomic E-state index is -3.00. The van der Waals surface area contributed by atoms with Gasteiger partial charge in [-0.25, -0.2) is 8.42 Å². The van der Waals surface area contributed by atoms with E-state index in [0.717, 1.165) is 21.8 Å². The van der Waals surface area contributed by atoms with Gasteiger partial charge in [-0.1, -0.05) is 35.8 Å². The van der Waals surface area contributed by atoms with Crippen molar-refractivity contribution >= 4 is 48.8 Å². The average molecular weight is 403 g/mol. The zero-order chi connectivity index (χ0) is 16.1. The molecule has 2 saturated heterocycles. The van der Waals surface area contributed by atoms with Crippen LogP contribution in [-0.4, -0.2) is 48.6 Å². The van der Waals surface area contributed by atoms with E-state index in [1.807, 2.05) is 29.2 Å². The molecule has 120 valence electrons. The van der Waals surface area contributed by atoms with Crippen molar-refractivity contribution < 1.29 is 8.42 Å². The van der Waals surface area contributed by atoms with Crippen molar-refractivity contribution in [3.63, 3.8) is 0 Å². The maximum atomic E-state index is 12.1. The van der Waals surface area contributed by atoms with Gasteiger partial charge in [0.05, 0.1) is 23.6 Å². The minimum Gasteiger partial charge on any atom is -0.342 e. The molecule has 2 aliphatic heterocycles. The Morgan fingerprint density at radius 2 is 2.00 bits per heavy atom. The maximum Gasteiger partial charge on any atom is 0.176 e. The molecule has 2 heterocycles. The van der Waals surface area contributed by atoms with E-state index < -0.39 is 9.84 Å². The normalized spacial score (nSPS) is 26.8. The van der Waals surface area contributed by atoms with E-state index in [2.05, 4.69) is 34.7 Å². The first-order chi connectivity index (χ1) is 10.3. The Bertz CT molecular complexity index is 705. The predicted octanol–water partition coefficient (Wildman–Crippen LogP) is 2.68. The Morgan fingerprint density at radius 1 is 1.32 bits per heavy atom. The fourth-order valence-corrected chi connectivity index (χ4v) is 6.10. The molecule has 2 atom stereocenters. The highest BCUT2D eigenvalue weighted by Crippen LogP contribution is 2.36. The first-order valence-electron chi connectivity index (χ1n) is 7.34. The van der Waals surface area contributed by atoms with Gasteiger partial charge in [0.15, 0.2) is 14.9 Å². The van der Waals surface area contributed by atoms with Crippen molar-refractivity contribution in [3.05, 3.63) is 28.7 Å². The molecule has 0 radical (unpaired) electrons. The number of fused-ring (bicyclic) bond motifs is 1. The fraction of sp³-hybridized carbons (Fsp3) is 0.533. The van der Waals surface area contributed by atoms with Crippen LogP contribution in [0.15, 0.2) is 28.7 Å². The largest absolute Gasteiger partial charge is 0.342 e. The molecular weight excluding hydrogens is 384 g/mol. The first kappa shape index (κ1) is 16.2. The van der Waals surface area contributed by atoms with Gasteiger partial charge in [-0.3, -0.25) is 0 Å². The molecule has 1 aromatic carbocycles. The molecule has 0 spiro atoms. The van der Waals surface area contributed by atoms with Gasteiger partial charge >= 0.3 is 0 Å². The van der Waals surface area contributed by atoms with Crippen molar-refractivity contribution in [2.45, 2.75) is 25.9 Å². The highest BCUT2D eigenvalue weighted by molar-refractivity contribution is 9.10. The summed E-state index contributed by atoms with van der Waals surface area (Å²) in [5.74, 6) is 0.817. The lowest BCUT2D eigenvalue weighted by atomic mass is 10.1. The van der Waals surface area contributed by atoms with E-state index in [-0.39, 0.29) is 23.6 Å². The zero-order valence-electron chi connectivity index (χ0n) is 12.6. The number of anilines is 1. The number of benzene rings is 1. The summed E-state index contributed by atoms with van der Waals surface area (Å²) in [6.07, 6.45) is 0. The molecule has 0 aliphatic carbocycles. The number of halogens is 1. The van der Waals surface area contributed by atoms with E-state index in [1.54, 1.807) is 0 Å². The predicted molar refractivity (Wildman–Crippen MR) is 97.0 cm³/mol. The summed E-state index contributed by atoms with van der Waals surface area (Å²) >= 11 is 9.15. The third-order valence-corrected chi connectivity index (χ3v) is 6.75. The monoisotopic (exact) mass is 402 g/mol. The third-order valence-electron chi connectivity index (χ3n) is 4.13. The van der Waals surface area contributed by atoms with Crippen LogP contribution >= 0.6 is 28.1 Å². The van der Waals surface area contributed by atoms with Crippen LogP contribution in [0.2, 0.25) is 0 Å². The topological polar surface area (TPSA) is 40.6 Å². The van der Waals surface area contributed by atoms with Gasteiger partial charge in [0, 0.05) is 16.7 Å². The Kier molecular flexibility index (Phi) is 4.24. The number of sulfone groups is 1. The molecule has 7 heteroatoms. The quantitative estimate of drug-likeness (QED) is 0.726. The molecule has 0 N–H and O–H groups in total. The minimum absolute atomic E-state index is 0.0288. The zero-order valence-corrected chi connectivity index (χ0v) is 15.8. The van der Waals surface area contributed by atoms with Crippen molar-refractivity contribution in [1.82, 2.24) is 4.90 Å². The Labute approximate surface area is 145 Å². The van der Waals surface area contributed by atoms with Crippen molar-refractivity contribution in [2.75, 3.05) is 23.0 Å². The van der Waals surface area contributed by atoms with Gasteiger partial charge in [0.25, 0.3) is 0 Å². The number of hydrogen-bond acceptors (Lipinski definition) is 3. The summed E-state index contributed by atoms with van der Waals surface area (Å²) in [5, 5.41) is 0.747.